The summed E-state index contributed by atoms with van der Waals surface area (Å²) in [4.78, 5) is 0. The Bertz CT molecular complexity index is 1220. The van der Waals surface area contributed by atoms with Gasteiger partial charge < -0.3 is 4.74 Å². The molecule has 0 fully saturated rings. The van der Waals surface area contributed by atoms with Crippen LogP contribution in [0.1, 0.15) is 37.9 Å². The first-order chi connectivity index (χ1) is 16.9. The molecule has 3 nitrogen and oxygen atoms in total. The van der Waals surface area contributed by atoms with Crippen molar-refractivity contribution in [3.05, 3.63) is 120 Å². The van der Waals surface area contributed by atoms with Gasteiger partial charge in [0.05, 0.1) is 28.9 Å². The second-order valence-electron chi connectivity index (χ2n) is 9.27. The maximum atomic E-state index is 13.3. The van der Waals surface area contributed by atoms with Crippen LogP contribution in [-0.2, 0) is 11.0 Å². The molecule has 4 rings (SSSR count). The summed E-state index contributed by atoms with van der Waals surface area (Å²) in [6.07, 6.45) is 0. The molecule has 180 valence electrons. The third kappa shape index (κ3) is 6.08. The van der Waals surface area contributed by atoms with E-state index in [1.807, 2.05) is 32.9 Å². The van der Waals surface area contributed by atoms with Gasteiger partial charge in [-0.15, -0.1) is 0 Å². The molecule has 0 aliphatic carbocycles. The largest absolute Gasteiger partial charge is 0.497 e. The van der Waals surface area contributed by atoms with Crippen molar-refractivity contribution in [1.29, 1.82) is 0 Å². The number of hydrogen-bond donors (Lipinski definition) is 1. The molecule has 4 aromatic carbocycles. The van der Waals surface area contributed by atoms with E-state index in [2.05, 4.69) is 102 Å². The summed E-state index contributed by atoms with van der Waals surface area (Å²) in [5.74, 6) is 0.800. The number of ether oxygens (including phenoxy) is 1. The van der Waals surface area contributed by atoms with Gasteiger partial charge in [-0.3, -0.25) is 0 Å². The molecule has 4 aromatic rings. The van der Waals surface area contributed by atoms with Crippen molar-refractivity contribution in [3.63, 3.8) is 0 Å². The van der Waals surface area contributed by atoms with Gasteiger partial charge in [0.25, 0.3) is 0 Å². The van der Waals surface area contributed by atoms with Crippen LogP contribution in [0, 0.1) is 0 Å². The predicted octanol–water partition coefficient (Wildman–Crippen LogP) is 5.59. The van der Waals surface area contributed by atoms with E-state index in [-0.39, 0.29) is 6.04 Å². The molecule has 5 heteroatoms. The van der Waals surface area contributed by atoms with Crippen molar-refractivity contribution in [1.82, 2.24) is 4.72 Å². The van der Waals surface area contributed by atoms with E-state index in [9.17, 15) is 4.21 Å². The fourth-order valence-electron chi connectivity index (χ4n) is 3.91. The Balaban J connectivity index is 1.89. The van der Waals surface area contributed by atoms with Crippen LogP contribution in [0.5, 0.6) is 5.75 Å². The van der Waals surface area contributed by atoms with Crippen molar-refractivity contribution < 1.29 is 8.95 Å². The first kappa shape index (κ1) is 25.3. The van der Waals surface area contributed by atoms with E-state index in [4.69, 9.17) is 4.74 Å². The van der Waals surface area contributed by atoms with Crippen LogP contribution in [0.2, 0.25) is 0 Å². The molecule has 0 bridgehead atoms. The van der Waals surface area contributed by atoms with Gasteiger partial charge in [0, 0.05) is 0 Å². The lowest BCUT2D eigenvalue weighted by molar-refractivity contribution is 0.414. The quantitative estimate of drug-likeness (QED) is 0.320. The SMILES string of the molecule is COc1ccc([C@H](NS(=O)C(C)(C)C)c2ccccc2P(c2ccccc2)c2ccccc2)cc1. The summed E-state index contributed by atoms with van der Waals surface area (Å²) in [5, 5.41) is 3.82. The molecular formula is C30H32NO2PS. The summed E-state index contributed by atoms with van der Waals surface area (Å²) in [6, 6.07) is 37.7. The monoisotopic (exact) mass is 501 g/mol. The highest BCUT2D eigenvalue weighted by molar-refractivity contribution is 7.84. The van der Waals surface area contributed by atoms with Gasteiger partial charge in [0.1, 0.15) is 5.75 Å². The molecule has 0 amide bonds. The fourth-order valence-corrected chi connectivity index (χ4v) is 7.23. The van der Waals surface area contributed by atoms with Crippen LogP contribution in [0.15, 0.2) is 109 Å². The van der Waals surface area contributed by atoms with Crippen molar-refractivity contribution in [3.8, 4) is 5.75 Å². The highest BCUT2D eigenvalue weighted by Crippen LogP contribution is 2.37. The lowest BCUT2D eigenvalue weighted by atomic mass is 9.99. The number of nitrogens with one attached hydrogen (secondary N) is 1. The van der Waals surface area contributed by atoms with Gasteiger partial charge >= 0.3 is 0 Å². The minimum absolute atomic E-state index is 0.241. The van der Waals surface area contributed by atoms with E-state index in [1.54, 1.807) is 7.11 Å². The fraction of sp³-hybridized carbons (Fsp3) is 0.200. The van der Waals surface area contributed by atoms with E-state index in [0.717, 1.165) is 16.9 Å². The molecule has 0 heterocycles. The molecule has 0 aliphatic rings. The molecule has 0 spiro atoms. The van der Waals surface area contributed by atoms with Gasteiger partial charge in [0.15, 0.2) is 0 Å². The number of hydrogen-bond acceptors (Lipinski definition) is 2. The Morgan fingerprint density at radius 3 is 1.77 bits per heavy atom. The Hall–Kier alpha value is -2.78. The summed E-state index contributed by atoms with van der Waals surface area (Å²) >= 11 is 0. The second kappa shape index (κ2) is 11.3. The van der Waals surface area contributed by atoms with E-state index in [1.165, 1.54) is 15.9 Å². The average Bonchev–Trinajstić information content (AvgIpc) is 2.88. The first-order valence-electron chi connectivity index (χ1n) is 11.7. The molecule has 0 aliphatic heterocycles. The molecule has 1 unspecified atom stereocenters. The van der Waals surface area contributed by atoms with Crippen molar-refractivity contribution in [2.75, 3.05) is 7.11 Å². The van der Waals surface area contributed by atoms with Crippen LogP contribution in [0.25, 0.3) is 0 Å². The van der Waals surface area contributed by atoms with Crippen LogP contribution < -0.4 is 25.4 Å². The third-order valence-electron chi connectivity index (χ3n) is 5.75. The van der Waals surface area contributed by atoms with Gasteiger partial charge in [-0.05, 0) is 67.9 Å². The Morgan fingerprint density at radius 1 is 0.743 bits per heavy atom. The predicted molar refractivity (Wildman–Crippen MR) is 151 cm³/mol. The maximum Gasteiger partial charge on any atom is 0.118 e. The normalized spacial score (nSPS) is 13.4. The molecular weight excluding hydrogens is 469 g/mol. The lowest BCUT2D eigenvalue weighted by Gasteiger charge is -2.29. The standard InChI is InChI=1S/C30H32NO2PS/c1-30(2,3)35(32)31-29(23-19-21-24(33-4)22-20-23)27-17-11-12-18-28(27)34(25-13-7-5-8-14-25)26-15-9-6-10-16-26/h5-22,29,31H,1-4H3/t29-,35?/m0/s1. The Kier molecular flexibility index (Phi) is 8.18. The van der Waals surface area contributed by atoms with Crippen molar-refractivity contribution in [2.45, 2.75) is 31.6 Å². The number of methoxy groups -OCH3 is 1. The van der Waals surface area contributed by atoms with E-state index >= 15 is 0 Å². The first-order valence-corrected chi connectivity index (χ1v) is 14.2. The van der Waals surface area contributed by atoms with Gasteiger partial charge in [-0.1, -0.05) is 97.1 Å². The molecule has 0 saturated carbocycles. The van der Waals surface area contributed by atoms with Gasteiger partial charge in [-0.2, -0.15) is 0 Å². The number of rotatable bonds is 8. The summed E-state index contributed by atoms with van der Waals surface area (Å²) in [6.45, 7) is 5.98. The minimum atomic E-state index is -1.26. The Morgan fingerprint density at radius 2 is 1.26 bits per heavy atom. The van der Waals surface area contributed by atoms with Crippen molar-refractivity contribution >= 4 is 34.8 Å². The summed E-state index contributed by atoms with van der Waals surface area (Å²) in [7, 11) is -0.407. The average molecular weight is 502 g/mol. The van der Waals surface area contributed by atoms with Gasteiger partial charge in [0.2, 0.25) is 0 Å². The highest BCUT2D eigenvalue weighted by atomic mass is 32.2. The highest BCUT2D eigenvalue weighted by Gasteiger charge is 2.28. The van der Waals surface area contributed by atoms with Crippen LogP contribution >= 0.6 is 7.92 Å². The summed E-state index contributed by atoms with van der Waals surface area (Å²) in [5.41, 5.74) is 2.18. The molecule has 0 radical (unpaired) electrons. The summed E-state index contributed by atoms with van der Waals surface area (Å²) < 4.78 is 21.8. The Labute approximate surface area is 212 Å². The van der Waals surface area contributed by atoms with Crippen LogP contribution in [0.3, 0.4) is 0 Å². The topological polar surface area (TPSA) is 38.3 Å². The third-order valence-corrected chi connectivity index (χ3v) is 9.83. The van der Waals surface area contributed by atoms with Gasteiger partial charge in [-0.25, -0.2) is 8.93 Å². The zero-order valence-electron chi connectivity index (χ0n) is 20.6. The number of benzene rings is 4. The second-order valence-corrected chi connectivity index (χ2v) is 13.5. The molecule has 0 saturated heterocycles. The zero-order chi connectivity index (χ0) is 24.8. The molecule has 35 heavy (non-hydrogen) atoms. The molecule has 0 aromatic heterocycles. The van der Waals surface area contributed by atoms with Crippen LogP contribution in [-0.4, -0.2) is 16.1 Å². The molecule has 2 atom stereocenters. The van der Waals surface area contributed by atoms with Crippen LogP contribution in [0.4, 0.5) is 0 Å². The maximum absolute atomic E-state index is 13.3. The van der Waals surface area contributed by atoms with E-state index < -0.39 is 23.7 Å². The molecule has 1 N–H and O–H groups in total. The minimum Gasteiger partial charge on any atom is -0.497 e. The van der Waals surface area contributed by atoms with E-state index in [0.29, 0.717) is 0 Å². The van der Waals surface area contributed by atoms with Crippen molar-refractivity contribution in [2.24, 2.45) is 0 Å². The zero-order valence-corrected chi connectivity index (χ0v) is 22.4. The lowest BCUT2D eigenvalue weighted by Crippen LogP contribution is -2.38. The smallest absolute Gasteiger partial charge is 0.118 e.